The Morgan fingerprint density at radius 3 is 2.67 bits per heavy atom. The first-order chi connectivity index (χ1) is 9.88. The Morgan fingerprint density at radius 2 is 2.14 bits per heavy atom. The van der Waals surface area contributed by atoms with Gasteiger partial charge in [0.05, 0.1) is 12.7 Å². The second-order valence-electron chi connectivity index (χ2n) is 4.11. The summed E-state index contributed by atoms with van der Waals surface area (Å²) in [7, 11) is 5.85. The normalized spacial score (nSPS) is 10.9. The maximum atomic E-state index is 8.01. The van der Waals surface area contributed by atoms with Crippen LogP contribution in [0.4, 0.5) is 0 Å². The van der Waals surface area contributed by atoms with Crippen LogP contribution in [0.1, 0.15) is 5.56 Å². The molecule has 0 saturated carbocycles. The van der Waals surface area contributed by atoms with Crippen LogP contribution < -0.4 is 21.1 Å². The average Bonchev–Trinajstić information content (AvgIpc) is 2.44. The molecule has 0 aliphatic rings. The molecule has 0 spiro atoms. The summed E-state index contributed by atoms with van der Waals surface area (Å²) in [5.41, 5.74) is 6.97. The molecule has 6 heteroatoms. The molecule has 110 valence electrons. The number of hydrogen-bond acceptors (Lipinski definition) is 5. The molecule has 0 saturated heterocycles. The number of hydrogen-bond donors (Lipinski definition) is 4. The minimum Gasteiger partial charge on any atom is -0.497 e. The Hall–Kier alpha value is -1.89. The number of nitrogens with one attached hydrogen (secondary N) is 2. The molecular weight excluding hydrogens is 301 g/mol. The fraction of sp³-hybridized carbons (Fsp3) is 0.133. The molecule has 4 nitrogen and oxygen atoms in total. The van der Waals surface area contributed by atoms with Crippen molar-refractivity contribution in [1.29, 1.82) is 5.41 Å². The number of ether oxygens (including phenoxy) is 1. The van der Waals surface area contributed by atoms with Crippen LogP contribution in [0.15, 0.2) is 41.1 Å². The Labute approximate surface area is 133 Å². The molecule has 1 aromatic carbocycles. The summed E-state index contributed by atoms with van der Waals surface area (Å²) in [6.45, 7) is 3.70. The lowest BCUT2D eigenvalue weighted by Gasteiger charge is -2.08. The minimum absolute atomic E-state index is 0.0509. The molecule has 0 radical (unpaired) electrons. The van der Waals surface area contributed by atoms with Gasteiger partial charge in [0, 0.05) is 17.5 Å². The predicted octanol–water partition coefficient (Wildman–Crippen LogP) is 1.40. The van der Waals surface area contributed by atoms with E-state index in [9.17, 15) is 0 Å². The maximum Gasteiger partial charge on any atom is 0.120 e. The van der Waals surface area contributed by atoms with E-state index in [-0.39, 0.29) is 5.71 Å². The maximum absolute atomic E-state index is 8.01. The third-order valence-corrected chi connectivity index (χ3v) is 3.13. The van der Waals surface area contributed by atoms with E-state index in [1.54, 1.807) is 20.2 Å². The van der Waals surface area contributed by atoms with Gasteiger partial charge in [0.15, 0.2) is 0 Å². The van der Waals surface area contributed by atoms with E-state index in [2.05, 4.69) is 45.6 Å². The van der Waals surface area contributed by atoms with E-state index in [0.717, 1.165) is 10.9 Å². The standard InChI is InChI=1S/C15H18N3OPS/c1-9(21)14(15(17)18-2)13(16)5-4-10-6-11(19-3)8-12(20)7-10/h6-8,16,18,21H,1,17,20H2,2-3H3/b15-14-,16-13?. The topological polar surface area (TPSA) is 71.1 Å². The van der Waals surface area contributed by atoms with Crippen molar-refractivity contribution in [2.75, 3.05) is 14.2 Å². The van der Waals surface area contributed by atoms with Gasteiger partial charge in [-0.15, -0.1) is 21.9 Å². The largest absolute Gasteiger partial charge is 0.497 e. The van der Waals surface area contributed by atoms with E-state index in [0.29, 0.717) is 22.0 Å². The first kappa shape index (κ1) is 17.2. The number of methoxy groups -OCH3 is 1. The van der Waals surface area contributed by atoms with Crippen LogP contribution in [0.5, 0.6) is 5.75 Å². The van der Waals surface area contributed by atoms with Crippen molar-refractivity contribution in [2.45, 2.75) is 0 Å². The highest BCUT2D eigenvalue weighted by molar-refractivity contribution is 7.84. The Bertz CT molecular complexity index is 671. The van der Waals surface area contributed by atoms with Gasteiger partial charge in [0.25, 0.3) is 0 Å². The van der Waals surface area contributed by atoms with Crippen molar-refractivity contribution in [3.8, 4) is 17.6 Å². The summed E-state index contributed by atoms with van der Waals surface area (Å²) in [5, 5.41) is 11.7. The summed E-state index contributed by atoms with van der Waals surface area (Å²) in [5.74, 6) is 6.69. The van der Waals surface area contributed by atoms with Crippen molar-refractivity contribution in [2.24, 2.45) is 5.73 Å². The van der Waals surface area contributed by atoms with Gasteiger partial charge in [-0.05, 0) is 29.4 Å². The molecule has 1 unspecified atom stereocenters. The molecule has 1 atom stereocenters. The van der Waals surface area contributed by atoms with Crippen LogP contribution in [0.25, 0.3) is 0 Å². The van der Waals surface area contributed by atoms with Gasteiger partial charge < -0.3 is 15.8 Å². The van der Waals surface area contributed by atoms with Crippen LogP contribution >= 0.6 is 21.9 Å². The second-order valence-corrected chi connectivity index (χ2v) is 5.31. The molecule has 0 bridgehead atoms. The van der Waals surface area contributed by atoms with Gasteiger partial charge >= 0.3 is 0 Å². The number of nitrogens with two attached hydrogens (primary N) is 1. The second kappa shape index (κ2) is 7.78. The van der Waals surface area contributed by atoms with Crippen LogP contribution in [0.3, 0.4) is 0 Å². The molecule has 1 rings (SSSR count). The van der Waals surface area contributed by atoms with E-state index >= 15 is 0 Å². The summed E-state index contributed by atoms with van der Waals surface area (Å²) in [6.07, 6.45) is 0. The first-order valence-electron chi connectivity index (χ1n) is 6.00. The molecule has 0 aliphatic carbocycles. The lowest BCUT2D eigenvalue weighted by Crippen LogP contribution is -2.20. The summed E-state index contributed by atoms with van der Waals surface area (Å²) in [4.78, 5) is 0.388. The molecule has 0 amide bonds. The third kappa shape index (κ3) is 4.86. The van der Waals surface area contributed by atoms with Gasteiger partial charge in [0.1, 0.15) is 17.3 Å². The molecule has 1 aromatic rings. The Balaban J connectivity index is 3.15. The van der Waals surface area contributed by atoms with Gasteiger partial charge in [-0.1, -0.05) is 12.5 Å². The zero-order valence-corrected chi connectivity index (χ0v) is 14.0. The molecular formula is C15H18N3OPS. The summed E-state index contributed by atoms with van der Waals surface area (Å²) >= 11 is 4.15. The van der Waals surface area contributed by atoms with E-state index in [1.165, 1.54) is 0 Å². The van der Waals surface area contributed by atoms with Gasteiger partial charge in [-0.3, -0.25) is 5.41 Å². The zero-order valence-electron chi connectivity index (χ0n) is 11.9. The Kier molecular flexibility index (Phi) is 6.36. The first-order valence-corrected chi connectivity index (χ1v) is 7.02. The monoisotopic (exact) mass is 319 g/mol. The molecule has 0 fully saturated rings. The SMILES string of the molecule is C=C(S)/C(C(=N)C#Cc1cc(P)cc(OC)c1)=C(\N)NC. The zero-order chi connectivity index (χ0) is 16.0. The molecule has 4 N–H and O–H groups in total. The third-order valence-electron chi connectivity index (χ3n) is 2.57. The smallest absolute Gasteiger partial charge is 0.120 e. The van der Waals surface area contributed by atoms with Crippen LogP contribution in [-0.2, 0) is 0 Å². The quantitative estimate of drug-likeness (QED) is 0.223. The molecule has 0 aromatic heterocycles. The molecule has 21 heavy (non-hydrogen) atoms. The van der Waals surface area contributed by atoms with Crippen molar-refractivity contribution in [3.05, 3.63) is 46.6 Å². The fourth-order valence-corrected chi connectivity index (χ4v) is 2.14. The summed E-state index contributed by atoms with van der Waals surface area (Å²) < 4.78 is 5.18. The molecule has 0 aliphatic heterocycles. The van der Waals surface area contributed by atoms with E-state index in [1.807, 2.05) is 12.1 Å². The predicted molar refractivity (Wildman–Crippen MR) is 95.3 cm³/mol. The van der Waals surface area contributed by atoms with Crippen molar-refractivity contribution < 1.29 is 4.74 Å². The highest BCUT2D eigenvalue weighted by Gasteiger charge is 2.09. The Morgan fingerprint density at radius 1 is 1.48 bits per heavy atom. The summed E-state index contributed by atoms with van der Waals surface area (Å²) in [6, 6.07) is 5.56. The number of allylic oxidation sites excluding steroid dienone is 1. The van der Waals surface area contributed by atoms with Gasteiger partial charge in [-0.2, -0.15) is 0 Å². The van der Waals surface area contributed by atoms with Crippen LogP contribution in [-0.4, -0.2) is 19.9 Å². The number of thiol groups is 1. The average molecular weight is 319 g/mol. The highest BCUT2D eigenvalue weighted by Crippen LogP contribution is 2.15. The highest BCUT2D eigenvalue weighted by atomic mass is 32.1. The van der Waals surface area contributed by atoms with Crippen molar-refractivity contribution in [3.63, 3.8) is 0 Å². The minimum atomic E-state index is 0.0509. The number of rotatable bonds is 4. The van der Waals surface area contributed by atoms with Gasteiger partial charge in [-0.25, -0.2) is 0 Å². The lowest BCUT2D eigenvalue weighted by molar-refractivity contribution is 0.415. The number of benzene rings is 1. The van der Waals surface area contributed by atoms with Gasteiger partial charge in [0.2, 0.25) is 0 Å². The van der Waals surface area contributed by atoms with Crippen molar-refractivity contribution in [1.82, 2.24) is 5.32 Å². The van der Waals surface area contributed by atoms with E-state index < -0.39 is 0 Å². The van der Waals surface area contributed by atoms with Crippen LogP contribution in [0.2, 0.25) is 0 Å². The van der Waals surface area contributed by atoms with E-state index in [4.69, 9.17) is 15.9 Å². The van der Waals surface area contributed by atoms with Crippen molar-refractivity contribution >= 4 is 32.9 Å². The van der Waals surface area contributed by atoms with Crippen LogP contribution in [0, 0.1) is 17.3 Å². The fourth-order valence-electron chi connectivity index (χ4n) is 1.57. The molecule has 0 heterocycles. The lowest BCUT2D eigenvalue weighted by atomic mass is 10.1.